The van der Waals surface area contributed by atoms with Crippen molar-refractivity contribution in [2.24, 2.45) is 10.7 Å². The van der Waals surface area contributed by atoms with Crippen LogP contribution in [0.25, 0.3) is 0 Å². The van der Waals surface area contributed by atoms with Crippen molar-refractivity contribution in [2.45, 2.75) is 26.5 Å². The van der Waals surface area contributed by atoms with Gasteiger partial charge in [0, 0.05) is 20.4 Å². The number of anilines is 1. The number of halogens is 2. The molecule has 0 amide bonds. The lowest BCUT2D eigenvalue weighted by Gasteiger charge is -2.10. The first kappa shape index (κ1) is 19.2. The number of thiophene rings is 1. The van der Waals surface area contributed by atoms with Crippen LogP contribution in [0, 0.1) is 0 Å². The zero-order valence-electron chi connectivity index (χ0n) is 12.4. The molecule has 2 rings (SSSR count). The number of nitrogens with zero attached hydrogens (tertiary/aromatic N) is 1. The Kier molecular flexibility index (Phi) is 8.19. The van der Waals surface area contributed by atoms with E-state index in [0.717, 1.165) is 20.8 Å². The summed E-state index contributed by atoms with van der Waals surface area (Å²) in [4.78, 5) is 5.48. The molecule has 4 nitrogen and oxygen atoms in total. The quantitative estimate of drug-likeness (QED) is 0.354. The van der Waals surface area contributed by atoms with Gasteiger partial charge in [-0.05, 0) is 60.1 Å². The van der Waals surface area contributed by atoms with Crippen LogP contribution in [-0.2, 0) is 6.54 Å². The molecule has 0 atom stereocenters. The van der Waals surface area contributed by atoms with E-state index in [4.69, 9.17) is 10.5 Å². The Bertz CT molecular complexity index is 614. The molecule has 0 aliphatic heterocycles. The van der Waals surface area contributed by atoms with Crippen molar-refractivity contribution in [3.63, 3.8) is 0 Å². The van der Waals surface area contributed by atoms with Crippen LogP contribution >= 0.6 is 51.2 Å². The molecule has 1 heterocycles. The van der Waals surface area contributed by atoms with E-state index in [0.29, 0.717) is 12.5 Å². The number of hydrogen-bond acceptors (Lipinski definition) is 3. The molecule has 0 aliphatic rings. The van der Waals surface area contributed by atoms with Gasteiger partial charge in [0.2, 0.25) is 0 Å². The topological polar surface area (TPSA) is 59.6 Å². The van der Waals surface area contributed by atoms with Gasteiger partial charge in [0.15, 0.2) is 5.96 Å². The second-order valence-electron chi connectivity index (χ2n) is 4.75. The lowest BCUT2D eigenvalue weighted by Crippen LogP contribution is -2.22. The minimum Gasteiger partial charge on any atom is -0.491 e. The van der Waals surface area contributed by atoms with E-state index in [1.165, 1.54) is 0 Å². The maximum absolute atomic E-state index is 5.88. The fourth-order valence-corrected chi connectivity index (χ4v) is 3.05. The highest BCUT2D eigenvalue weighted by molar-refractivity contribution is 14.0. The first-order valence-electron chi connectivity index (χ1n) is 6.59. The molecule has 7 heteroatoms. The molecule has 0 unspecified atom stereocenters. The van der Waals surface area contributed by atoms with Crippen molar-refractivity contribution >= 4 is 62.9 Å². The average molecular weight is 496 g/mol. The fraction of sp³-hybridized carbons (Fsp3) is 0.267. The monoisotopic (exact) mass is 495 g/mol. The van der Waals surface area contributed by atoms with Crippen LogP contribution in [0.4, 0.5) is 5.69 Å². The molecule has 0 fully saturated rings. The standard InChI is InChI=1S/C15H18BrN3OS.HI/c1-10(2)20-13-5-3-12(4-6-13)19-15(17)18-8-14-7-11(16)9-21-14;/h3-7,9-10H,8H2,1-2H3,(H3,17,18,19);1H. The Morgan fingerprint density at radius 1 is 1.36 bits per heavy atom. The van der Waals surface area contributed by atoms with Crippen molar-refractivity contribution in [3.8, 4) is 5.75 Å². The van der Waals surface area contributed by atoms with Crippen molar-refractivity contribution in [1.29, 1.82) is 0 Å². The van der Waals surface area contributed by atoms with Crippen molar-refractivity contribution < 1.29 is 4.74 Å². The molecule has 2 aromatic rings. The van der Waals surface area contributed by atoms with E-state index in [1.54, 1.807) is 11.3 Å². The summed E-state index contributed by atoms with van der Waals surface area (Å²) in [6.07, 6.45) is 0.167. The average Bonchev–Trinajstić information content (AvgIpc) is 2.84. The molecule has 0 radical (unpaired) electrons. The van der Waals surface area contributed by atoms with Crippen molar-refractivity contribution in [1.82, 2.24) is 0 Å². The number of aliphatic imine (C=N–C) groups is 1. The predicted octanol–water partition coefficient (Wildman–Crippen LogP) is 4.84. The Morgan fingerprint density at radius 3 is 2.59 bits per heavy atom. The summed E-state index contributed by atoms with van der Waals surface area (Å²) in [6.45, 7) is 4.57. The van der Waals surface area contributed by atoms with Gasteiger partial charge in [0.05, 0.1) is 12.6 Å². The van der Waals surface area contributed by atoms with Gasteiger partial charge in [-0.1, -0.05) is 0 Å². The van der Waals surface area contributed by atoms with Gasteiger partial charge in [-0.3, -0.25) is 0 Å². The number of guanidine groups is 1. The van der Waals surface area contributed by atoms with E-state index in [1.807, 2.05) is 49.6 Å². The smallest absolute Gasteiger partial charge is 0.193 e. The summed E-state index contributed by atoms with van der Waals surface area (Å²) >= 11 is 5.07. The van der Waals surface area contributed by atoms with Crippen LogP contribution in [0.5, 0.6) is 5.75 Å². The molecule has 0 saturated carbocycles. The Balaban J connectivity index is 0.00000242. The number of hydrogen-bond donors (Lipinski definition) is 2. The molecular formula is C15H19BrIN3OS. The molecule has 0 aliphatic carbocycles. The number of benzene rings is 1. The summed E-state index contributed by atoms with van der Waals surface area (Å²) in [5.41, 5.74) is 6.77. The van der Waals surface area contributed by atoms with Gasteiger partial charge in [0.25, 0.3) is 0 Å². The number of ether oxygens (including phenoxy) is 1. The largest absolute Gasteiger partial charge is 0.491 e. The molecule has 0 spiro atoms. The van der Waals surface area contributed by atoms with Crippen LogP contribution in [0.15, 0.2) is 45.2 Å². The van der Waals surface area contributed by atoms with E-state index in [-0.39, 0.29) is 30.1 Å². The highest BCUT2D eigenvalue weighted by Crippen LogP contribution is 2.20. The minimum absolute atomic E-state index is 0. The van der Waals surface area contributed by atoms with E-state index >= 15 is 0 Å². The second-order valence-corrected chi connectivity index (χ2v) is 6.66. The first-order chi connectivity index (χ1) is 10.0. The van der Waals surface area contributed by atoms with Gasteiger partial charge in [0.1, 0.15) is 5.75 Å². The summed E-state index contributed by atoms with van der Waals surface area (Å²) < 4.78 is 6.66. The zero-order valence-corrected chi connectivity index (χ0v) is 17.1. The van der Waals surface area contributed by atoms with Crippen LogP contribution in [0.2, 0.25) is 0 Å². The third kappa shape index (κ3) is 6.53. The maximum atomic E-state index is 5.88. The molecular weight excluding hydrogens is 477 g/mol. The van der Waals surface area contributed by atoms with Crippen molar-refractivity contribution in [2.75, 3.05) is 5.32 Å². The Hall–Kier alpha value is -0.800. The summed E-state index contributed by atoms with van der Waals surface area (Å²) in [7, 11) is 0. The highest BCUT2D eigenvalue weighted by atomic mass is 127. The molecule has 120 valence electrons. The molecule has 3 N–H and O–H groups in total. The van der Waals surface area contributed by atoms with E-state index < -0.39 is 0 Å². The van der Waals surface area contributed by atoms with E-state index in [9.17, 15) is 0 Å². The maximum Gasteiger partial charge on any atom is 0.193 e. The molecule has 1 aromatic carbocycles. The molecule has 0 saturated heterocycles. The van der Waals surface area contributed by atoms with Gasteiger partial charge in [-0.15, -0.1) is 35.3 Å². The van der Waals surface area contributed by atoms with Crippen LogP contribution < -0.4 is 15.8 Å². The van der Waals surface area contributed by atoms with Crippen LogP contribution in [0.3, 0.4) is 0 Å². The Morgan fingerprint density at radius 2 is 2.05 bits per heavy atom. The fourth-order valence-electron chi connectivity index (χ4n) is 1.68. The summed E-state index contributed by atoms with van der Waals surface area (Å²) in [5.74, 6) is 1.24. The second kappa shape index (κ2) is 9.36. The lowest BCUT2D eigenvalue weighted by atomic mass is 10.3. The van der Waals surface area contributed by atoms with Gasteiger partial charge in [-0.25, -0.2) is 4.99 Å². The van der Waals surface area contributed by atoms with Gasteiger partial charge < -0.3 is 15.8 Å². The predicted molar refractivity (Wildman–Crippen MR) is 109 cm³/mol. The van der Waals surface area contributed by atoms with E-state index in [2.05, 4.69) is 26.2 Å². The van der Waals surface area contributed by atoms with Gasteiger partial charge >= 0.3 is 0 Å². The van der Waals surface area contributed by atoms with Crippen LogP contribution in [-0.4, -0.2) is 12.1 Å². The molecule has 0 bridgehead atoms. The SMILES string of the molecule is CC(C)Oc1ccc(NC(N)=NCc2cc(Br)cs2)cc1.I. The number of nitrogens with one attached hydrogen (secondary N) is 1. The summed E-state index contributed by atoms with van der Waals surface area (Å²) in [5, 5.41) is 5.09. The normalized spacial score (nSPS) is 11.2. The number of rotatable bonds is 5. The molecule has 22 heavy (non-hydrogen) atoms. The van der Waals surface area contributed by atoms with Crippen molar-refractivity contribution in [3.05, 3.63) is 45.1 Å². The lowest BCUT2D eigenvalue weighted by molar-refractivity contribution is 0.242. The number of nitrogens with two attached hydrogens (primary N) is 1. The summed E-state index contributed by atoms with van der Waals surface area (Å²) in [6, 6.07) is 9.70. The minimum atomic E-state index is 0. The van der Waals surface area contributed by atoms with Gasteiger partial charge in [-0.2, -0.15) is 0 Å². The molecule has 1 aromatic heterocycles. The van der Waals surface area contributed by atoms with Crippen LogP contribution in [0.1, 0.15) is 18.7 Å². The zero-order chi connectivity index (χ0) is 15.2. The third-order valence-corrected chi connectivity index (χ3v) is 4.21. The third-order valence-electron chi connectivity index (χ3n) is 2.53. The first-order valence-corrected chi connectivity index (χ1v) is 8.27. The Labute approximate surface area is 160 Å². The highest BCUT2D eigenvalue weighted by Gasteiger charge is 2.00.